The van der Waals surface area contributed by atoms with Gasteiger partial charge in [-0.05, 0) is 56.6 Å². The molecule has 116 valence electrons. The molecule has 1 saturated heterocycles. The molecule has 2 aromatic carbocycles. The van der Waals surface area contributed by atoms with Crippen LogP contribution in [0.15, 0.2) is 48.5 Å². The molecule has 1 aliphatic heterocycles. The molecule has 1 heterocycles. The smallest absolute Gasteiger partial charge is 0.125 e. The molecule has 0 bridgehead atoms. The molecule has 2 nitrogen and oxygen atoms in total. The fourth-order valence-corrected chi connectivity index (χ4v) is 3.09. The van der Waals surface area contributed by atoms with Gasteiger partial charge < -0.3 is 10.2 Å². The Hall–Kier alpha value is -1.87. The zero-order valence-corrected chi connectivity index (χ0v) is 13.1. The summed E-state index contributed by atoms with van der Waals surface area (Å²) in [7, 11) is 0. The summed E-state index contributed by atoms with van der Waals surface area (Å²) in [6, 6.07) is 16.1. The van der Waals surface area contributed by atoms with Crippen LogP contribution in [0, 0.1) is 12.7 Å². The normalized spacial score (nSPS) is 15.7. The van der Waals surface area contributed by atoms with E-state index in [0.717, 1.165) is 38.2 Å². The van der Waals surface area contributed by atoms with E-state index >= 15 is 0 Å². The summed E-state index contributed by atoms with van der Waals surface area (Å²) in [4.78, 5) is 2.36. The molecule has 0 aromatic heterocycles. The molecule has 0 atom stereocenters. The minimum atomic E-state index is -0.166. The third kappa shape index (κ3) is 3.66. The summed E-state index contributed by atoms with van der Waals surface area (Å²) in [5.74, 6) is -0.166. The number of aryl methyl sites for hydroxylation is 1. The van der Waals surface area contributed by atoms with Gasteiger partial charge >= 0.3 is 0 Å². The molecule has 0 radical (unpaired) electrons. The van der Waals surface area contributed by atoms with Gasteiger partial charge in [0.25, 0.3) is 0 Å². The summed E-state index contributed by atoms with van der Waals surface area (Å²) in [6.45, 7) is 4.99. The average molecular weight is 298 g/mol. The Morgan fingerprint density at radius 3 is 2.50 bits per heavy atom. The van der Waals surface area contributed by atoms with Crippen LogP contribution in [-0.2, 0) is 6.54 Å². The van der Waals surface area contributed by atoms with Crippen LogP contribution in [0.2, 0.25) is 0 Å². The highest BCUT2D eigenvalue weighted by molar-refractivity contribution is 5.48. The molecule has 1 aliphatic rings. The fraction of sp³-hybridized carbons (Fsp3) is 0.368. The van der Waals surface area contributed by atoms with Gasteiger partial charge in [-0.3, -0.25) is 0 Å². The highest BCUT2D eigenvalue weighted by Gasteiger charge is 2.21. The highest BCUT2D eigenvalue weighted by Crippen LogP contribution is 2.25. The Balaban J connectivity index is 1.86. The zero-order valence-electron chi connectivity index (χ0n) is 13.1. The van der Waals surface area contributed by atoms with Crippen LogP contribution in [0.1, 0.15) is 24.0 Å². The van der Waals surface area contributed by atoms with Gasteiger partial charge in [-0.25, -0.2) is 4.39 Å². The first-order chi connectivity index (χ1) is 10.7. The van der Waals surface area contributed by atoms with Gasteiger partial charge in [0.05, 0.1) is 0 Å². The zero-order chi connectivity index (χ0) is 15.4. The number of benzene rings is 2. The number of anilines is 1. The molecule has 0 aliphatic carbocycles. The number of nitrogens with one attached hydrogen (secondary N) is 1. The second-order valence-corrected chi connectivity index (χ2v) is 6.07. The summed E-state index contributed by atoms with van der Waals surface area (Å²) >= 11 is 0. The largest absolute Gasteiger partial charge is 0.364 e. The van der Waals surface area contributed by atoms with E-state index in [1.54, 1.807) is 12.1 Å². The second-order valence-electron chi connectivity index (χ2n) is 6.07. The van der Waals surface area contributed by atoms with Crippen LogP contribution in [0.5, 0.6) is 0 Å². The van der Waals surface area contributed by atoms with E-state index in [1.165, 1.54) is 17.2 Å². The Morgan fingerprint density at radius 1 is 1.09 bits per heavy atom. The van der Waals surface area contributed by atoms with Gasteiger partial charge in [0, 0.05) is 18.3 Å². The van der Waals surface area contributed by atoms with Crippen molar-refractivity contribution in [1.29, 1.82) is 0 Å². The maximum atomic E-state index is 13.6. The lowest BCUT2D eigenvalue weighted by Gasteiger charge is -2.36. The van der Waals surface area contributed by atoms with Crippen LogP contribution in [0.3, 0.4) is 0 Å². The minimum Gasteiger partial charge on any atom is -0.364 e. The van der Waals surface area contributed by atoms with Crippen molar-refractivity contribution < 1.29 is 4.39 Å². The molecule has 0 amide bonds. The van der Waals surface area contributed by atoms with Gasteiger partial charge in [-0.15, -0.1) is 0 Å². The van der Waals surface area contributed by atoms with Crippen LogP contribution >= 0.6 is 0 Å². The van der Waals surface area contributed by atoms with E-state index in [9.17, 15) is 4.39 Å². The first-order valence-corrected chi connectivity index (χ1v) is 8.01. The topological polar surface area (TPSA) is 15.3 Å². The van der Waals surface area contributed by atoms with Crippen molar-refractivity contribution in [2.45, 2.75) is 32.4 Å². The third-order valence-corrected chi connectivity index (χ3v) is 4.36. The van der Waals surface area contributed by atoms with Gasteiger partial charge in [0.15, 0.2) is 0 Å². The Morgan fingerprint density at radius 2 is 1.82 bits per heavy atom. The number of piperidine rings is 1. The van der Waals surface area contributed by atoms with E-state index in [2.05, 4.69) is 41.4 Å². The maximum absolute atomic E-state index is 13.6. The third-order valence-electron chi connectivity index (χ3n) is 4.36. The van der Waals surface area contributed by atoms with Crippen LogP contribution < -0.4 is 10.2 Å². The first kappa shape index (κ1) is 15.0. The average Bonchev–Trinajstić information content (AvgIpc) is 2.55. The van der Waals surface area contributed by atoms with Gasteiger partial charge in [0.2, 0.25) is 0 Å². The van der Waals surface area contributed by atoms with E-state index in [0.29, 0.717) is 6.04 Å². The second kappa shape index (κ2) is 6.93. The molecule has 0 unspecified atom stereocenters. The molecule has 2 aromatic rings. The molecule has 1 N–H and O–H groups in total. The lowest BCUT2D eigenvalue weighted by Crippen LogP contribution is -2.43. The summed E-state index contributed by atoms with van der Waals surface area (Å²) in [5, 5.41) is 3.40. The quantitative estimate of drug-likeness (QED) is 0.921. The van der Waals surface area contributed by atoms with Crippen molar-refractivity contribution in [3.8, 4) is 0 Å². The minimum absolute atomic E-state index is 0.166. The van der Waals surface area contributed by atoms with Crippen molar-refractivity contribution in [1.82, 2.24) is 5.32 Å². The summed E-state index contributed by atoms with van der Waals surface area (Å²) in [6.07, 6.45) is 2.20. The lowest BCUT2D eigenvalue weighted by molar-refractivity contribution is 0.428. The molecule has 22 heavy (non-hydrogen) atoms. The Kier molecular flexibility index (Phi) is 4.74. The predicted molar refractivity (Wildman–Crippen MR) is 89.7 cm³/mol. The van der Waals surface area contributed by atoms with Gasteiger partial charge in [0.1, 0.15) is 5.82 Å². The monoisotopic (exact) mass is 298 g/mol. The Bertz CT molecular complexity index is 603. The molecule has 0 saturated carbocycles. The van der Waals surface area contributed by atoms with Crippen molar-refractivity contribution in [2.24, 2.45) is 0 Å². The molecular formula is C19H23FN2. The fourth-order valence-electron chi connectivity index (χ4n) is 3.09. The summed E-state index contributed by atoms with van der Waals surface area (Å²) < 4.78 is 13.6. The lowest BCUT2D eigenvalue weighted by atomic mass is 10.0. The molecule has 1 fully saturated rings. The molecular weight excluding hydrogens is 275 g/mol. The van der Waals surface area contributed by atoms with E-state index in [1.807, 2.05) is 6.07 Å². The van der Waals surface area contributed by atoms with E-state index < -0.39 is 0 Å². The van der Waals surface area contributed by atoms with Gasteiger partial charge in [-0.1, -0.05) is 35.9 Å². The highest BCUT2D eigenvalue weighted by atomic mass is 19.1. The van der Waals surface area contributed by atoms with Gasteiger partial charge in [-0.2, -0.15) is 0 Å². The Labute approximate surface area is 132 Å². The number of hydrogen-bond donors (Lipinski definition) is 1. The van der Waals surface area contributed by atoms with E-state index in [-0.39, 0.29) is 5.82 Å². The predicted octanol–water partition coefficient (Wildman–Crippen LogP) is 3.89. The van der Waals surface area contributed by atoms with Crippen LogP contribution in [0.4, 0.5) is 10.1 Å². The van der Waals surface area contributed by atoms with Crippen molar-refractivity contribution in [2.75, 3.05) is 18.0 Å². The molecule has 3 rings (SSSR count). The SMILES string of the molecule is Cc1ccc(CN(c2cccc(F)c2)C2CCNCC2)cc1. The summed E-state index contributed by atoms with van der Waals surface area (Å²) in [5.41, 5.74) is 3.52. The van der Waals surface area contributed by atoms with Crippen LogP contribution in [0.25, 0.3) is 0 Å². The molecule has 3 heteroatoms. The maximum Gasteiger partial charge on any atom is 0.125 e. The number of halogens is 1. The number of nitrogens with zero attached hydrogens (tertiary/aromatic N) is 1. The van der Waals surface area contributed by atoms with E-state index in [4.69, 9.17) is 0 Å². The van der Waals surface area contributed by atoms with Crippen molar-refractivity contribution in [3.63, 3.8) is 0 Å². The first-order valence-electron chi connectivity index (χ1n) is 8.01. The van der Waals surface area contributed by atoms with Crippen molar-refractivity contribution in [3.05, 3.63) is 65.5 Å². The number of hydrogen-bond acceptors (Lipinski definition) is 2. The standard InChI is InChI=1S/C19H23FN2/c1-15-5-7-16(8-6-15)14-22(18-9-11-21-12-10-18)19-4-2-3-17(20)13-19/h2-8,13,18,21H,9-12,14H2,1H3. The number of rotatable bonds is 4. The van der Waals surface area contributed by atoms with Crippen molar-refractivity contribution >= 4 is 5.69 Å². The van der Waals surface area contributed by atoms with Crippen LogP contribution in [-0.4, -0.2) is 19.1 Å². The molecule has 0 spiro atoms.